The largest absolute Gasteiger partial charge is 0.321 e. The molecule has 3 aromatic rings. The first-order valence-corrected chi connectivity index (χ1v) is 11.6. The highest BCUT2D eigenvalue weighted by Gasteiger charge is 2.28. The molecule has 31 heavy (non-hydrogen) atoms. The fraction of sp³-hybridized carbons (Fsp3) is 0.318. The number of nitrogens with zero attached hydrogens (tertiary/aromatic N) is 3. The third kappa shape index (κ3) is 4.11. The molecular formula is C22H24N4O4S. The summed E-state index contributed by atoms with van der Waals surface area (Å²) in [6.45, 7) is 3.10. The van der Waals surface area contributed by atoms with Crippen molar-refractivity contribution in [3.8, 4) is 0 Å². The van der Waals surface area contributed by atoms with E-state index in [1.807, 2.05) is 0 Å². The van der Waals surface area contributed by atoms with Gasteiger partial charge in [0.05, 0.1) is 10.3 Å². The molecule has 0 radical (unpaired) electrons. The van der Waals surface area contributed by atoms with E-state index < -0.39 is 15.9 Å². The van der Waals surface area contributed by atoms with Crippen LogP contribution in [0.2, 0.25) is 0 Å². The number of hydrogen-bond donors (Lipinski definition) is 1. The quantitative estimate of drug-likeness (QED) is 0.672. The van der Waals surface area contributed by atoms with Crippen molar-refractivity contribution in [3.63, 3.8) is 0 Å². The Morgan fingerprint density at radius 2 is 1.77 bits per heavy atom. The summed E-state index contributed by atoms with van der Waals surface area (Å²) < 4.78 is 28.5. The zero-order valence-electron chi connectivity index (χ0n) is 17.4. The number of sulfonamides is 1. The Kier molecular flexibility index (Phi) is 5.63. The Labute approximate surface area is 180 Å². The first-order valence-electron chi connectivity index (χ1n) is 10.1. The normalized spacial score (nSPS) is 17.5. The molecule has 1 fully saturated rings. The van der Waals surface area contributed by atoms with E-state index in [0.29, 0.717) is 35.5 Å². The van der Waals surface area contributed by atoms with Gasteiger partial charge in [0.15, 0.2) is 5.69 Å². The molecule has 9 heteroatoms. The number of rotatable bonds is 4. The Bertz CT molecular complexity index is 1300. The molecule has 1 aromatic heterocycles. The van der Waals surface area contributed by atoms with Crippen LogP contribution in [0.5, 0.6) is 0 Å². The van der Waals surface area contributed by atoms with Gasteiger partial charge in [-0.3, -0.25) is 9.59 Å². The van der Waals surface area contributed by atoms with Crippen LogP contribution >= 0.6 is 0 Å². The van der Waals surface area contributed by atoms with Gasteiger partial charge in [0.25, 0.3) is 11.5 Å². The van der Waals surface area contributed by atoms with E-state index in [4.69, 9.17) is 0 Å². The van der Waals surface area contributed by atoms with Crippen molar-refractivity contribution in [1.82, 2.24) is 14.1 Å². The van der Waals surface area contributed by atoms with E-state index in [1.165, 1.54) is 23.5 Å². The van der Waals surface area contributed by atoms with Gasteiger partial charge in [-0.1, -0.05) is 25.1 Å². The zero-order chi connectivity index (χ0) is 22.2. The second-order valence-electron chi connectivity index (χ2n) is 7.91. The number of hydrogen-bond acceptors (Lipinski definition) is 5. The van der Waals surface area contributed by atoms with Crippen molar-refractivity contribution >= 4 is 32.4 Å². The third-order valence-corrected chi connectivity index (χ3v) is 7.42. The minimum atomic E-state index is -3.56. The van der Waals surface area contributed by atoms with Gasteiger partial charge >= 0.3 is 0 Å². The van der Waals surface area contributed by atoms with Gasteiger partial charge in [0.2, 0.25) is 10.0 Å². The lowest BCUT2D eigenvalue weighted by Gasteiger charge is -2.30. The maximum Gasteiger partial charge on any atom is 0.276 e. The molecule has 0 bridgehead atoms. The SMILES string of the molecule is CC1CCCN(S(=O)(=O)c2ccc(NC(=O)c3nn(C)c(=O)c4ccccc34)cc2)C1. The number of fused-ring (bicyclic) bond motifs is 1. The predicted octanol–water partition coefficient (Wildman–Crippen LogP) is 2.61. The topological polar surface area (TPSA) is 101 Å². The van der Waals surface area contributed by atoms with Gasteiger partial charge in [-0.25, -0.2) is 13.1 Å². The molecule has 8 nitrogen and oxygen atoms in total. The molecule has 2 aromatic carbocycles. The second-order valence-corrected chi connectivity index (χ2v) is 9.85. The van der Waals surface area contributed by atoms with Gasteiger partial charge in [-0.15, -0.1) is 0 Å². The molecule has 2 heterocycles. The molecule has 1 atom stereocenters. The summed E-state index contributed by atoms with van der Waals surface area (Å²) in [4.78, 5) is 25.3. The average Bonchev–Trinajstić information content (AvgIpc) is 2.76. The molecule has 1 amide bonds. The van der Waals surface area contributed by atoms with Crippen LogP contribution in [0.1, 0.15) is 30.3 Å². The van der Waals surface area contributed by atoms with Crippen LogP contribution in [-0.2, 0) is 17.1 Å². The zero-order valence-corrected chi connectivity index (χ0v) is 18.2. The van der Waals surface area contributed by atoms with Crippen LogP contribution in [0.15, 0.2) is 58.2 Å². The van der Waals surface area contributed by atoms with Crippen molar-refractivity contribution in [1.29, 1.82) is 0 Å². The van der Waals surface area contributed by atoms with E-state index >= 15 is 0 Å². The molecule has 162 valence electrons. The van der Waals surface area contributed by atoms with Crippen molar-refractivity contribution in [2.75, 3.05) is 18.4 Å². The van der Waals surface area contributed by atoms with Gasteiger partial charge < -0.3 is 5.32 Å². The van der Waals surface area contributed by atoms with Crippen molar-refractivity contribution < 1.29 is 13.2 Å². The van der Waals surface area contributed by atoms with Gasteiger partial charge in [-0.2, -0.15) is 9.40 Å². The van der Waals surface area contributed by atoms with Crippen LogP contribution in [-0.4, -0.2) is 41.5 Å². The molecule has 4 rings (SSSR count). The number of carbonyl (C=O) groups excluding carboxylic acids is 1. The summed E-state index contributed by atoms with van der Waals surface area (Å²) in [5, 5.41) is 7.71. The van der Waals surface area contributed by atoms with Gasteiger partial charge in [0.1, 0.15) is 0 Å². The molecule has 1 aliphatic rings. The monoisotopic (exact) mass is 440 g/mol. The van der Waals surface area contributed by atoms with E-state index in [-0.39, 0.29) is 16.1 Å². The summed E-state index contributed by atoms with van der Waals surface area (Å²) in [6, 6.07) is 12.9. The average molecular weight is 441 g/mol. The molecule has 1 N–H and O–H groups in total. The van der Waals surface area contributed by atoms with E-state index in [9.17, 15) is 18.0 Å². The van der Waals surface area contributed by atoms with Crippen LogP contribution < -0.4 is 10.9 Å². The standard InChI is InChI=1S/C22H24N4O4S/c1-15-6-5-13-26(14-15)31(29,30)17-11-9-16(10-12-17)23-21(27)20-18-7-3-4-8-19(18)22(28)25(2)24-20/h3-4,7-12,15H,5-6,13-14H2,1-2H3,(H,23,27). The van der Waals surface area contributed by atoms with Gasteiger partial charge in [0, 0.05) is 31.2 Å². The summed E-state index contributed by atoms with van der Waals surface area (Å²) in [5.74, 6) is -0.140. The lowest BCUT2D eigenvalue weighted by molar-refractivity contribution is 0.102. The lowest BCUT2D eigenvalue weighted by atomic mass is 10.0. The Hall–Kier alpha value is -3.04. The van der Waals surface area contributed by atoms with E-state index in [0.717, 1.165) is 17.5 Å². The highest BCUT2D eigenvalue weighted by atomic mass is 32.2. The van der Waals surface area contributed by atoms with Crippen LogP contribution in [0, 0.1) is 5.92 Å². The van der Waals surface area contributed by atoms with Crippen molar-refractivity contribution in [2.24, 2.45) is 13.0 Å². The first kappa shape index (κ1) is 21.2. The lowest BCUT2D eigenvalue weighted by Crippen LogP contribution is -2.39. The number of carbonyl (C=O) groups is 1. The molecule has 0 spiro atoms. The summed E-state index contributed by atoms with van der Waals surface area (Å²) in [6.07, 6.45) is 1.89. The fourth-order valence-corrected chi connectivity index (χ4v) is 5.48. The number of amides is 1. The number of piperidine rings is 1. The van der Waals surface area contributed by atoms with Crippen LogP contribution in [0.3, 0.4) is 0 Å². The molecule has 1 aliphatic heterocycles. The van der Waals surface area contributed by atoms with E-state index in [2.05, 4.69) is 17.3 Å². The van der Waals surface area contributed by atoms with Crippen molar-refractivity contribution in [3.05, 3.63) is 64.6 Å². The fourth-order valence-electron chi connectivity index (χ4n) is 3.88. The Morgan fingerprint density at radius 3 is 2.45 bits per heavy atom. The molecule has 1 saturated heterocycles. The maximum atomic E-state index is 12.9. The summed E-state index contributed by atoms with van der Waals surface area (Å²) in [5.41, 5.74) is 0.279. The number of benzene rings is 2. The van der Waals surface area contributed by atoms with E-state index in [1.54, 1.807) is 36.4 Å². The second kappa shape index (κ2) is 8.24. The molecule has 1 unspecified atom stereocenters. The third-order valence-electron chi connectivity index (χ3n) is 5.54. The number of nitrogens with one attached hydrogen (secondary N) is 1. The van der Waals surface area contributed by atoms with Crippen LogP contribution in [0.25, 0.3) is 10.8 Å². The smallest absolute Gasteiger partial charge is 0.276 e. The predicted molar refractivity (Wildman–Crippen MR) is 119 cm³/mol. The Balaban J connectivity index is 1.58. The number of aromatic nitrogens is 2. The summed E-state index contributed by atoms with van der Waals surface area (Å²) >= 11 is 0. The summed E-state index contributed by atoms with van der Waals surface area (Å²) in [7, 11) is -2.07. The molecule has 0 saturated carbocycles. The minimum absolute atomic E-state index is 0.122. The highest BCUT2D eigenvalue weighted by molar-refractivity contribution is 7.89. The van der Waals surface area contributed by atoms with Crippen LogP contribution in [0.4, 0.5) is 5.69 Å². The Morgan fingerprint density at radius 1 is 1.10 bits per heavy atom. The van der Waals surface area contributed by atoms with Gasteiger partial charge in [-0.05, 0) is 49.1 Å². The first-order chi connectivity index (χ1) is 14.8. The maximum absolute atomic E-state index is 12.9. The minimum Gasteiger partial charge on any atom is -0.321 e. The highest BCUT2D eigenvalue weighted by Crippen LogP contribution is 2.24. The molecule has 0 aliphatic carbocycles. The number of aryl methyl sites for hydroxylation is 1. The van der Waals surface area contributed by atoms with Crippen molar-refractivity contribution in [2.45, 2.75) is 24.7 Å². The number of anilines is 1. The molecular weight excluding hydrogens is 416 g/mol.